The second-order valence-corrected chi connectivity index (χ2v) is 4.86. The van der Waals surface area contributed by atoms with Gasteiger partial charge >= 0.3 is 5.97 Å². The number of ether oxygens (including phenoxy) is 1. The molecule has 1 unspecified atom stereocenters. The highest BCUT2D eigenvalue weighted by atomic mass is 16.5. The average Bonchev–Trinajstić information content (AvgIpc) is 2.48. The molecule has 0 saturated heterocycles. The third-order valence-corrected chi connectivity index (χ3v) is 3.26. The van der Waals surface area contributed by atoms with Gasteiger partial charge in [0.05, 0.1) is 19.4 Å². The van der Waals surface area contributed by atoms with E-state index in [2.05, 4.69) is 4.74 Å². The molecule has 0 spiro atoms. The van der Waals surface area contributed by atoms with Gasteiger partial charge in [0.1, 0.15) is 11.5 Å². The Balaban J connectivity index is 2.59. The predicted molar refractivity (Wildman–Crippen MR) is 78.0 cm³/mol. The highest BCUT2D eigenvalue weighted by Gasteiger charge is 2.26. The minimum absolute atomic E-state index is 0.00172. The molecule has 0 fully saturated rings. The van der Waals surface area contributed by atoms with Gasteiger partial charge in [-0.25, -0.2) is 0 Å². The molecule has 6 heteroatoms. The largest absolute Gasteiger partial charge is 0.508 e. The number of methoxy groups -OCH3 is 1. The summed E-state index contributed by atoms with van der Waals surface area (Å²) in [6.07, 6.45) is -0.139. The van der Waals surface area contributed by atoms with Crippen LogP contribution in [0, 0.1) is 6.92 Å². The lowest BCUT2D eigenvalue weighted by atomic mass is 9.92. The number of carbonyl (C=O) groups excluding carboxylic acids is 1. The first-order valence-corrected chi connectivity index (χ1v) is 6.61. The number of hydrogen-bond donors (Lipinski definition) is 2. The van der Waals surface area contributed by atoms with Crippen LogP contribution in [-0.4, -0.2) is 23.3 Å². The summed E-state index contributed by atoms with van der Waals surface area (Å²) in [6, 6.07) is 7.34. The van der Waals surface area contributed by atoms with E-state index in [1.807, 2.05) is 0 Å². The first-order valence-electron chi connectivity index (χ1n) is 6.61. The van der Waals surface area contributed by atoms with Gasteiger partial charge in [-0.1, -0.05) is 12.1 Å². The number of carbonyl (C=O) groups is 1. The molecular weight excluding hydrogens is 288 g/mol. The molecule has 116 valence electrons. The molecule has 22 heavy (non-hydrogen) atoms. The van der Waals surface area contributed by atoms with Gasteiger partial charge in [-0.2, -0.15) is 0 Å². The molecule has 6 nitrogen and oxygen atoms in total. The predicted octanol–water partition coefficient (Wildman–Crippen LogP) is 2.05. The molecule has 2 N–H and O–H groups in total. The van der Waals surface area contributed by atoms with Crippen LogP contribution in [-0.2, 0) is 9.53 Å². The molecule has 0 radical (unpaired) electrons. The van der Waals surface area contributed by atoms with Crippen LogP contribution >= 0.6 is 0 Å². The van der Waals surface area contributed by atoms with Gasteiger partial charge < -0.3 is 19.4 Å². The second kappa shape index (κ2) is 6.34. The number of hydrogen-bond acceptors (Lipinski definition) is 6. The van der Waals surface area contributed by atoms with E-state index in [1.165, 1.54) is 19.2 Å². The summed E-state index contributed by atoms with van der Waals surface area (Å²) in [6.45, 7) is 1.57. The molecule has 0 aliphatic carbocycles. The third kappa shape index (κ3) is 3.28. The summed E-state index contributed by atoms with van der Waals surface area (Å²) in [5.74, 6) is -1.54. The lowest BCUT2D eigenvalue weighted by Crippen LogP contribution is -2.13. The van der Waals surface area contributed by atoms with Crippen LogP contribution in [0.4, 0.5) is 0 Å². The Morgan fingerprint density at radius 2 is 2.05 bits per heavy atom. The van der Waals surface area contributed by atoms with Gasteiger partial charge in [-0.3, -0.25) is 9.59 Å². The van der Waals surface area contributed by atoms with Crippen LogP contribution in [0.5, 0.6) is 11.5 Å². The highest BCUT2D eigenvalue weighted by molar-refractivity contribution is 5.71. The molecule has 2 rings (SSSR count). The highest BCUT2D eigenvalue weighted by Crippen LogP contribution is 2.34. The molecule has 1 aromatic carbocycles. The number of phenolic OH excluding ortho intramolecular Hbond substituents is 1. The summed E-state index contributed by atoms with van der Waals surface area (Å²) in [4.78, 5) is 23.4. The third-order valence-electron chi connectivity index (χ3n) is 3.26. The summed E-state index contributed by atoms with van der Waals surface area (Å²) >= 11 is 0. The fraction of sp³-hybridized carbons (Fsp3) is 0.250. The number of esters is 1. The maximum atomic E-state index is 11.7. The van der Waals surface area contributed by atoms with Crippen molar-refractivity contribution in [1.82, 2.24) is 0 Å². The Labute approximate surface area is 126 Å². The minimum Gasteiger partial charge on any atom is -0.508 e. The van der Waals surface area contributed by atoms with E-state index in [0.29, 0.717) is 11.3 Å². The quantitative estimate of drug-likeness (QED) is 0.839. The minimum atomic E-state index is -0.743. The maximum Gasteiger partial charge on any atom is 0.306 e. The van der Waals surface area contributed by atoms with Crippen molar-refractivity contribution in [1.29, 1.82) is 0 Å². The molecule has 0 aliphatic rings. The van der Waals surface area contributed by atoms with Crippen molar-refractivity contribution in [3.8, 4) is 11.5 Å². The zero-order valence-electron chi connectivity index (χ0n) is 12.2. The average molecular weight is 304 g/mol. The van der Waals surface area contributed by atoms with Crippen molar-refractivity contribution in [2.75, 3.05) is 7.11 Å². The monoisotopic (exact) mass is 304 g/mol. The first kappa shape index (κ1) is 15.6. The Bertz CT molecular complexity index is 747. The molecular formula is C16H16O6. The molecule has 0 saturated carbocycles. The summed E-state index contributed by atoms with van der Waals surface area (Å²) in [7, 11) is 1.24. The molecule has 1 heterocycles. The van der Waals surface area contributed by atoms with E-state index in [1.54, 1.807) is 19.1 Å². The van der Waals surface area contributed by atoms with E-state index in [0.717, 1.165) is 6.07 Å². The molecule has 0 bridgehead atoms. The van der Waals surface area contributed by atoms with Crippen molar-refractivity contribution >= 4 is 5.97 Å². The molecule has 0 amide bonds. The first-order chi connectivity index (χ1) is 10.4. The number of aryl methyl sites for hydroxylation is 1. The topological polar surface area (TPSA) is 97.0 Å². The van der Waals surface area contributed by atoms with Crippen molar-refractivity contribution < 1.29 is 24.2 Å². The fourth-order valence-corrected chi connectivity index (χ4v) is 2.22. The Hall–Kier alpha value is -2.76. The number of aromatic hydroxyl groups is 2. The summed E-state index contributed by atoms with van der Waals surface area (Å²) in [5, 5.41) is 19.6. The van der Waals surface area contributed by atoms with E-state index < -0.39 is 23.1 Å². The lowest BCUT2D eigenvalue weighted by Gasteiger charge is -2.17. The Kier molecular flexibility index (Phi) is 4.50. The van der Waals surface area contributed by atoms with Gasteiger partial charge in [-0.05, 0) is 24.6 Å². The van der Waals surface area contributed by atoms with Crippen molar-refractivity contribution in [3.63, 3.8) is 0 Å². The number of benzene rings is 1. The zero-order chi connectivity index (χ0) is 16.3. The van der Waals surface area contributed by atoms with Crippen LogP contribution in [0.2, 0.25) is 0 Å². The van der Waals surface area contributed by atoms with Gasteiger partial charge in [0.15, 0.2) is 5.76 Å². The Morgan fingerprint density at radius 3 is 2.68 bits per heavy atom. The number of rotatable bonds is 4. The fourth-order valence-electron chi connectivity index (χ4n) is 2.22. The lowest BCUT2D eigenvalue weighted by molar-refractivity contribution is -0.140. The van der Waals surface area contributed by atoms with E-state index >= 15 is 0 Å². The van der Waals surface area contributed by atoms with Gasteiger partial charge in [0.25, 0.3) is 0 Å². The van der Waals surface area contributed by atoms with Crippen LogP contribution in [0.25, 0.3) is 0 Å². The molecule has 1 aromatic heterocycles. The SMILES string of the molecule is COC(=O)CC(c1cccc(O)c1)c1oc(C)cc(=O)c1O. The number of phenols is 1. The summed E-state index contributed by atoms with van der Waals surface area (Å²) < 4.78 is 10.1. The zero-order valence-corrected chi connectivity index (χ0v) is 12.2. The van der Waals surface area contributed by atoms with Gasteiger partial charge in [-0.15, -0.1) is 0 Å². The second-order valence-electron chi connectivity index (χ2n) is 4.86. The molecule has 1 atom stereocenters. The smallest absolute Gasteiger partial charge is 0.306 e. The normalized spacial score (nSPS) is 11.9. The van der Waals surface area contributed by atoms with Crippen LogP contribution in [0.3, 0.4) is 0 Å². The maximum absolute atomic E-state index is 11.7. The van der Waals surface area contributed by atoms with Crippen molar-refractivity contribution in [3.05, 3.63) is 57.6 Å². The van der Waals surface area contributed by atoms with Gasteiger partial charge in [0, 0.05) is 6.07 Å². The molecule has 2 aromatic rings. The van der Waals surface area contributed by atoms with E-state index in [9.17, 15) is 19.8 Å². The van der Waals surface area contributed by atoms with Gasteiger partial charge in [0.2, 0.25) is 11.2 Å². The molecule has 0 aliphatic heterocycles. The van der Waals surface area contributed by atoms with Crippen molar-refractivity contribution in [2.45, 2.75) is 19.3 Å². The van der Waals surface area contributed by atoms with Crippen LogP contribution < -0.4 is 5.43 Å². The Morgan fingerprint density at radius 1 is 1.32 bits per heavy atom. The summed E-state index contributed by atoms with van der Waals surface area (Å²) in [5.41, 5.74) is -0.0665. The standard InChI is InChI=1S/C16H16O6/c1-9-6-13(18)15(20)16(22-9)12(8-14(19)21-2)10-4-3-5-11(17)7-10/h3-7,12,17,20H,8H2,1-2H3. The van der Waals surface area contributed by atoms with Crippen LogP contribution in [0.1, 0.15) is 29.4 Å². The van der Waals surface area contributed by atoms with Crippen molar-refractivity contribution in [2.24, 2.45) is 0 Å². The van der Waals surface area contributed by atoms with E-state index in [4.69, 9.17) is 4.42 Å². The van der Waals surface area contributed by atoms with Crippen LogP contribution in [0.15, 0.2) is 39.5 Å². The van der Waals surface area contributed by atoms with E-state index in [-0.39, 0.29) is 17.9 Å².